The number of carbonyl (C=O) groups excluding carboxylic acids is 3. The first-order valence-electron chi connectivity index (χ1n) is 31.9. The van der Waals surface area contributed by atoms with E-state index in [4.69, 9.17) is 47.4 Å². The van der Waals surface area contributed by atoms with Gasteiger partial charge in [-0.2, -0.15) is 0 Å². The predicted molar refractivity (Wildman–Crippen MR) is 309 cm³/mol. The monoisotopic (exact) mass is 1290 g/mol. The van der Waals surface area contributed by atoms with Crippen LogP contribution in [0.2, 0.25) is 0 Å². The van der Waals surface area contributed by atoms with Gasteiger partial charge in [0.25, 0.3) is 0 Å². The number of carbonyl (C=O) groups is 3. The van der Waals surface area contributed by atoms with E-state index in [-0.39, 0.29) is 28.4 Å². The summed E-state index contributed by atoms with van der Waals surface area (Å²) in [4.78, 5) is 38.4. The van der Waals surface area contributed by atoms with Crippen LogP contribution in [0.25, 0.3) is 0 Å². The Bertz CT molecular complexity index is 2540. The summed E-state index contributed by atoms with van der Waals surface area (Å²) in [5, 5.41) is 147. The van der Waals surface area contributed by atoms with Gasteiger partial charge in [0.2, 0.25) is 11.8 Å². The summed E-state index contributed by atoms with van der Waals surface area (Å²) in [6.07, 6.45) is -29.4. The van der Waals surface area contributed by atoms with Gasteiger partial charge in [-0.25, -0.2) is 0 Å². The number of hydrogen-bond acceptors (Lipinski definition) is 26. The zero-order valence-corrected chi connectivity index (χ0v) is 52.8. The van der Waals surface area contributed by atoms with Crippen molar-refractivity contribution < 1.29 is 128 Å². The van der Waals surface area contributed by atoms with Crippen molar-refractivity contribution in [2.24, 2.45) is 39.9 Å². The lowest BCUT2D eigenvalue weighted by Gasteiger charge is -2.61. The molecule has 15 N–H and O–H groups in total. The number of hydrogen-bond donors (Lipinski definition) is 15. The van der Waals surface area contributed by atoms with Gasteiger partial charge in [0.1, 0.15) is 116 Å². The standard InChI is InChI=1S/C62H100N2O26/c1-25(2)18-29(70)19-26(3)31-11-12-32-30-10-13-39-60(6,7)40(15-17-62(39,9)33(30)14-16-61(31,32)8)88-59-53(47(75)38(24-82-59)87-55-41(63-27(4)68)48(76)43(71)34(20-65)83-55)89-56-42(64-28(5)69)49(77)46(74)37(86-56)23-81-58-54(51(79)45(73)36(22-67)85-58)90-57-52(80)50(78)44(72)35(21-66)84-57/h18,26,31-32,34-59,65-67,71-80H,10-17,19-24H2,1-9H3,(H,63,68)(H,64,69)/t26-,31?,32?,34-,35-,36-,37-,38-,39?,40+,41-,42-,43+,44-,45-,46-,47+,48-,49-,50+,51+,52-,53-,54-,55+,56+,57+,58-,59+,61-,62-/m1/s1. The third-order valence-electron chi connectivity index (χ3n) is 21.6. The molecule has 7 fully saturated rings. The summed E-state index contributed by atoms with van der Waals surface area (Å²) in [5.74, 6) is -0.00445. The topological polar surface area (TPSA) is 431 Å². The fourth-order valence-corrected chi connectivity index (χ4v) is 17.0. The fraction of sp³-hybridized carbons (Fsp3) is 0.887. The highest BCUT2D eigenvalue weighted by Crippen LogP contribution is 2.68. The van der Waals surface area contributed by atoms with Crippen LogP contribution in [0, 0.1) is 39.9 Å². The summed E-state index contributed by atoms with van der Waals surface area (Å²) >= 11 is 0. The van der Waals surface area contributed by atoms with Crippen molar-refractivity contribution in [2.45, 2.75) is 274 Å². The minimum atomic E-state index is -1.99. The number of amides is 2. The van der Waals surface area contributed by atoms with Crippen LogP contribution in [0.3, 0.4) is 0 Å². The van der Waals surface area contributed by atoms with Gasteiger partial charge in [-0.3, -0.25) is 14.4 Å². The van der Waals surface area contributed by atoms with Crippen LogP contribution in [-0.4, -0.2) is 270 Å². The molecule has 0 aromatic carbocycles. The van der Waals surface area contributed by atoms with E-state index >= 15 is 0 Å². The van der Waals surface area contributed by atoms with Gasteiger partial charge >= 0.3 is 0 Å². The third-order valence-corrected chi connectivity index (χ3v) is 21.6. The van der Waals surface area contributed by atoms with E-state index in [2.05, 4.69) is 45.3 Å². The number of allylic oxidation sites excluding steroid dienone is 4. The van der Waals surface area contributed by atoms with Crippen molar-refractivity contribution in [3.8, 4) is 0 Å². The quantitative estimate of drug-likeness (QED) is 0.0436. The van der Waals surface area contributed by atoms with E-state index in [1.807, 2.05) is 13.8 Å². The van der Waals surface area contributed by atoms with Crippen LogP contribution in [0.1, 0.15) is 120 Å². The Kier molecular flexibility index (Phi) is 22.9. The normalized spacial score (nSPS) is 47.3. The Balaban J connectivity index is 0.984. The average molecular weight is 1290 g/mol. The van der Waals surface area contributed by atoms with E-state index in [1.165, 1.54) is 5.57 Å². The molecule has 31 atom stereocenters. The Morgan fingerprint density at radius 1 is 0.578 bits per heavy atom. The number of aliphatic hydroxyl groups excluding tert-OH is 13. The average Bonchev–Trinajstić information content (AvgIpc) is 1.19. The SMILES string of the molecule is CC(=O)N[C@H]1[C@H](O[C@@H]2CO[C@@H](O[C@H]3CC[C@]4(C)C5=C(CCC4C3(C)C)C3CCC([C@H](C)CC(=O)C=C(C)C)[C@@]3(C)CC5)[C@H](O[C@@H]3O[C@H](CO[C@@H]4O[C@H](CO)[C@@H](O)[C@H](O)[C@H]4O[C@@H]4O[C@H](CO)[C@@H](O)[C@H](O)[C@H]4O)[C@@H](O)[C@H](O)[C@H]3NC(C)=O)[C@H]2O)O[C@H](CO)[C@H](O)[C@@H]1O. The first kappa shape index (κ1) is 71.5. The molecule has 2 amide bonds. The maximum atomic E-state index is 13.0. The van der Waals surface area contributed by atoms with E-state index < -0.39 is 204 Å². The number of aliphatic hydroxyl groups is 13. The second kappa shape index (κ2) is 28.9. The highest BCUT2D eigenvalue weighted by Gasteiger charge is 2.62. The highest BCUT2D eigenvalue weighted by atomic mass is 16.8. The summed E-state index contributed by atoms with van der Waals surface area (Å²) < 4.78 is 61.9. The maximum Gasteiger partial charge on any atom is 0.217 e. The number of fused-ring (bicyclic) bond motifs is 4. The molecule has 5 aliphatic heterocycles. The summed E-state index contributed by atoms with van der Waals surface area (Å²) in [6, 6.07) is -3.06. The maximum absolute atomic E-state index is 13.0. The Morgan fingerprint density at radius 3 is 1.71 bits per heavy atom. The van der Waals surface area contributed by atoms with Gasteiger partial charge in [-0.1, -0.05) is 51.3 Å². The Morgan fingerprint density at radius 2 is 1.11 bits per heavy atom. The molecule has 28 heteroatoms. The summed E-state index contributed by atoms with van der Waals surface area (Å²) in [6.45, 7) is 13.8. The lowest BCUT2D eigenvalue weighted by Crippen LogP contribution is -2.68. The van der Waals surface area contributed by atoms with Gasteiger partial charge in [-0.15, -0.1) is 0 Å². The minimum absolute atomic E-state index is 0.0654. The molecule has 0 aromatic heterocycles. The second-order valence-corrected chi connectivity index (χ2v) is 28.1. The number of ether oxygens (including phenoxy) is 10. The van der Waals surface area contributed by atoms with E-state index in [1.54, 1.807) is 11.6 Å². The van der Waals surface area contributed by atoms with Crippen LogP contribution in [0.4, 0.5) is 0 Å². The van der Waals surface area contributed by atoms with Gasteiger partial charge < -0.3 is 124 Å². The highest BCUT2D eigenvalue weighted by molar-refractivity contribution is 5.90. The first-order valence-corrected chi connectivity index (χ1v) is 31.9. The molecule has 3 unspecified atom stereocenters. The van der Waals surface area contributed by atoms with Gasteiger partial charge in [0.15, 0.2) is 37.2 Å². The molecule has 9 rings (SSSR count). The Labute approximate surface area is 524 Å². The molecule has 28 nitrogen and oxygen atoms in total. The zero-order valence-electron chi connectivity index (χ0n) is 52.8. The molecular weight excluding hydrogens is 1190 g/mol. The molecule has 0 spiro atoms. The van der Waals surface area contributed by atoms with Gasteiger partial charge in [-0.05, 0) is 111 Å². The van der Waals surface area contributed by atoms with Crippen LogP contribution < -0.4 is 10.6 Å². The zero-order chi connectivity index (χ0) is 65.8. The molecule has 0 radical (unpaired) electrons. The predicted octanol–water partition coefficient (Wildman–Crippen LogP) is -2.68. The first-order chi connectivity index (χ1) is 42.4. The van der Waals surface area contributed by atoms with Crippen LogP contribution in [0.5, 0.6) is 0 Å². The second-order valence-electron chi connectivity index (χ2n) is 28.1. The van der Waals surface area contributed by atoms with Crippen molar-refractivity contribution in [1.29, 1.82) is 0 Å². The molecule has 5 saturated heterocycles. The lowest BCUT2D eigenvalue weighted by atomic mass is 9.45. The molecule has 5 heterocycles. The van der Waals surface area contributed by atoms with Crippen molar-refractivity contribution in [1.82, 2.24) is 10.6 Å². The molecule has 0 bridgehead atoms. The Hall–Kier alpha value is -2.83. The summed E-state index contributed by atoms with van der Waals surface area (Å²) in [7, 11) is 0. The van der Waals surface area contributed by atoms with Crippen LogP contribution in [0.15, 0.2) is 22.8 Å². The molecule has 90 heavy (non-hydrogen) atoms. The van der Waals surface area contributed by atoms with Crippen LogP contribution in [-0.2, 0) is 61.8 Å². The molecular formula is C62H100N2O26. The van der Waals surface area contributed by atoms with Crippen molar-refractivity contribution in [2.75, 3.05) is 33.0 Å². The molecule has 0 aromatic rings. The van der Waals surface area contributed by atoms with E-state index in [0.29, 0.717) is 24.7 Å². The van der Waals surface area contributed by atoms with Gasteiger partial charge in [0.05, 0.1) is 39.1 Å². The van der Waals surface area contributed by atoms with Gasteiger partial charge in [0, 0.05) is 20.3 Å². The smallest absolute Gasteiger partial charge is 0.217 e. The van der Waals surface area contributed by atoms with Crippen LogP contribution >= 0.6 is 0 Å². The van der Waals surface area contributed by atoms with E-state index in [0.717, 1.165) is 64.4 Å². The van der Waals surface area contributed by atoms with Crippen molar-refractivity contribution >= 4 is 17.6 Å². The molecule has 4 aliphatic carbocycles. The summed E-state index contributed by atoms with van der Waals surface area (Å²) in [5.41, 5.74) is 3.39. The third kappa shape index (κ3) is 14.1. The lowest BCUT2D eigenvalue weighted by molar-refractivity contribution is -0.379. The number of rotatable bonds is 20. The van der Waals surface area contributed by atoms with E-state index in [9.17, 15) is 80.8 Å². The number of nitrogens with one attached hydrogen (secondary N) is 2. The minimum Gasteiger partial charge on any atom is -0.394 e. The van der Waals surface area contributed by atoms with Crippen molar-refractivity contribution in [3.05, 3.63) is 22.8 Å². The molecule has 514 valence electrons. The number of ketones is 1. The van der Waals surface area contributed by atoms with Crippen molar-refractivity contribution in [3.63, 3.8) is 0 Å². The fourth-order valence-electron chi connectivity index (χ4n) is 17.0. The molecule has 2 saturated carbocycles. The molecule has 9 aliphatic rings. The largest absolute Gasteiger partial charge is 0.394 e.